The zero-order valence-corrected chi connectivity index (χ0v) is 20.2. The molecule has 2 aliphatic rings. The zero-order valence-electron chi connectivity index (χ0n) is 18.7. The van der Waals surface area contributed by atoms with Crippen LogP contribution in [0.1, 0.15) is 29.9 Å². The number of hydrogen-bond donors (Lipinski definition) is 0. The summed E-state index contributed by atoms with van der Waals surface area (Å²) in [4.78, 5) is 17.4. The molecule has 0 saturated carbocycles. The second-order valence-corrected chi connectivity index (χ2v) is 10.9. The van der Waals surface area contributed by atoms with Crippen molar-refractivity contribution in [3.8, 4) is 0 Å². The largest absolute Gasteiger partial charge is 0.368 e. The molecule has 0 radical (unpaired) electrons. The van der Waals surface area contributed by atoms with Crippen LogP contribution < -0.4 is 4.90 Å². The van der Waals surface area contributed by atoms with Crippen LogP contribution in [-0.2, 0) is 14.8 Å². The number of piperazine rings is 1. The fraction of sp³-hybridized carbons (Fsp3) is 0.545. The van der Waals surface area contributed by atoms with Gasteiger partial charge in [0.15, 0.2) is 5.76 Å². The Bertz CT molecular complexity index is 1080. The van der Waals surface area contributed by atoms with Gasteiger partial charge in [-0.3, -0.25) is 4.79 Å². The lowest BCUT2D eigenvalue weighted by molar-refractivity contribution is -0.137. The number of anilines is 1. The molecule has 0 N–H and O–H groups in total. The molecule has 174 valence electrons. The first-order valence-electron chi connectivity index (χ1n) is 10.9. The summed E-state index contributed by atoms with van der Waals surface area (Å²) in [5.41, 5.74) is 2.65. The summed E-state index contributed by atoms with van der Waals surface area (Å²) in [6.45, 7) is 8.77. The van der Waals surface area contributed by atoms with Gasteiger partial charge in [0.2, 0.25) is 15.9 Å². The second-order valence-electron chi connectivity index (χ2n) is 8.57. The van der Waals surface area contributed by atoms with E-state index in [4.69, 9.17) is 16.1 Å². The Balaban J connectivity index is 1.34. The molecule has 0 spiro atoms. The highest BCUT2D eigenvalue weighted by molar-refractivity contribution is 7.89. The van der Waals surface area contributed by atoms with E-state index in [0.717, 1.165) is 18.8 Å². The number of sulfonamides is 1. The van der Waals surface area contributed by atoms with Crippen LogP contribution in [0.25, 0.3) is 0 Å². The van der Waals surface area contributed by atoms with Crippen molar-refractivity contribution < 1.29 is 17.7 Å². The molecule has 0 unspecified atom stereocenters. The topological polar surface area (TPSA) is 87.0 Å². The third kappa shape index (κ3) is 4.38. The molecule has 4 rings (SSSR count). The summed E-state index contributed by atoms with van der Waals surface area (Å²) >= 11 is 6.16. The van der Waals surface area contributed by atoms with E-state index in [1.807, 2.05) is 23.1 Å². The van der Waals surface area contributed by atoms with Crippen molar-refractivity contribution in [3.05, 3.63) is 40.2 Å². The summed E-state index contributed by atoms with van der Waals surface area (Å²) in [6, 6.07) is 5.88. The van der Waals surface area contributed by atoms with Gasteiger partial charge in [0.25, 0.3) is 0 Å². The Morgan fingerprint density at radius 3 is 2.31 bits per heavy atom. The lowest BCUT2D eigenvalue weighted by Crippen LogP contribution is -2.52. The number of rotatable bonds is 4. The summed E-state index contributed by atoms with van der Waals surface area (Å²) in [5, 5.41) is 4.48. The van der Waals surface area contributed by atoms with Crippen molar-refractivity contribution in [2.45, 2.75) is 38.5 Å². The number of nitrogens with zero attached hydrogens (tertiary/aromatic N) is 4. The average Bonchev–Trinajstić information content (AvgIpc) is 3.14. The fourth-order valence-corrected chi connectivity index (χ4v) is 6.59. The fourth-order valence-electron chi connectivity index (χ4n) is 4.66. The molecule has 0 aliphatic carbocycles. The molecule has 10 heteroatoms. The first kappa shape index (κ1) is 23.1. The smallest absolute Gasteiger partial charge is 0.248 e. The molecule has 2 aliphatic heterocycles. The van der Waals surface area contributed by atoms with Crippen molar-refractivity contribution in [2.24, 2.45) is 5.92 Å². The van der Waals surface area contributed by atoms with Crippen LogP contribution in [0.2, 0.25) is 5.02 Å². The van der Waals surface area contributed by atoms with Gasteiger partial charge in [-0.15, -0.1) is 0 Å². The zero-order chi connectivity index (χ0) is 23.0. The van der Waals surface area contributed by atoms with Crippen LogP contribution in [-0.4, -0.2) is 68.0 Å². The maximum absolute atomic E-state index is 13.1. The van der Waals surface area contributed by atoms with Gasteiger partial charge in [-0.2, -0.15) is 4.31 Å². The Labute approximate surface area is 194 Å². The van der Waals surface area contributed by atoms with Crippen molar-refractivity contribution >= 4 is 33.2 Å². The molecule has 2 aromatic rings. The highest BCUT2D eigenvalue weighted by atomic mass is 35.5. The van der Waals surface area contributed by atoms with Crippen molar-refractivity contribution in [1.29, 1.82) is 0 Å². The molecule has 2 saturated heterocycles. The Morgan fingerprint density at radius 1 is 1.06 bits per heavy atom. The van der Waals surface area contributed by atoms with Crippen LogP contribution in [0.15, 0.2) is 27.6 Å². The molecule has 1 amide bonds. The van der Waals surface area contributed by atoms with Gasteiger partial charge in [-0.25, -0.2) is 8.42 Å². The maximum atomic E-state index is 13.1. The number of carbonyl (C=O) groups excluding carboxylic acids is 1. The number of hydrogen-bond acceptors (Lipinski definition) is 6. The van der Waals surface area contributed by atoms with Crippen LogP contribution in [0, 0.1) is 26.7 Å². The Kier molecular flexibility index (Phi) is 6.51. The monoisotopic (exact) mass is 480 g/mol. The average molecular weight is 481 g/mol. The number of carbonyl (C=O) groups is 1. The van der Waals surface area contributed by atoms with Crippen LogP contribution in [0.4, 0.5) is 5.69 Å². The minimum atomic E-state index is -3.66. The van der Waals surface area contributed by atoms with Gasteiger partial charge >= 0.3 is 0 Å². The lowest BCUT2D eigenvalue weighted by Gasteiger charge is -2.39. The number of piperidine rings is 1. The summed E-state index contributed by atoms with van der Waals surface area (Å²) in [7, 11) is -3.66. The van der Waals surface area contributed by atoms with E-state index in [1.54, 1.807) is 13.8 Å². The second kappa shape index (κ2) is 9.03. The first-order chi connectivity index (χ1) is 15.2. The predicted octanol–water partition coefficient (Wildman–Crippen LogP) is 3.00. The maximum Gasteiger partial charge on any atom is 0.248 e. The quantitative estimate of drug-likeness (QED) is 0.668. The van der Waals surface area contributed by atoms with Crippen molar-refractivity contribution in [3.63, 3.8) is 0 Å². The van der Waals surface area contributed by atoms with Gasteiger partial charge < -0.3 is 14.3 Å². The van der Waals surface area contributed by atoms with Gasteiger partial charge in [0.05, 0.1) is 0 Å². The SMILES string of the molecule is Cc1ccc(Cl)cc1N1CCN(C(=O)C2CCN(S(=O)(=O)c3c(C)noc3C)CC2)CC1. The third-order valence-electron chi connectivity index (χ3n) is 6.47. The molecule has 0 bridgehead atoms. The molecular formula is C22H29ClN4O4S. The van der Waals surface area contributed by atoms with E-state index in [2.05, 4.69) is 17.0 Å². The number of aromatic nitrogens is 1. The molecular weight excluding hydrogens is 452 g/mol. The molecule has 1 aromatic carbocycles. The van der Waals surface area contributed by atoms with E-state index in [9.17, 15) is 13.2 Å². The van der Waals surface area contributed by atoms with Gasteiger partial charge in [0, 0.05) is 55.9 Å². The van der Waals surface area contributed by atoms with Crippen LogP contribution >= 0.6 is 11.6 Å². The van der Waals surface area contributed by atoms with Crippen LogP contribution in [0.5, 0.6) is 0 Å². The minimum Gasteiger partial charge on any atom is -0.368 e. The molecule has 8 nitrogen and oxygen atoms in total. The Morgan fingerprint density at radius 2 is 1.72 bits per heavy atom. The number of halogens is 1. The van der Waals surface area contributed by atoms with E-state index in [1.165, 1.54) is 9.87 Å². The first-order valence-corrected chi connectivity index (χ1v) is 12.7. The standard InChI is InChI=1S/C22H29ClN4O4S/c1-15-4-5-19(23)14-20(15)25-10-12-26(13-11-25)22(28)18-6-8-27(9-7-18)32(29,30)21-16(2)24-31-17(21)3/h4-5,14,18H,6-13H2,1-3H3. The van der Waals surface area contributed by atoms with E-state index in [-0.39, 0.29) is 16.7 Å². The number of benzene rings is 1. The van der Waals surface area contributed by atoms with E-state index >= 15 is 0 Å². The van der Waals surface area contributed by atoms with E-state index < -0.39 is 10.0 Å². The highest BCUT2D eigenvalue weighted by Crippen LogP contribution is 2.29. The minimum absolute atomic E-state index is 0.127. The third-order valence-corrected chi connectivity index (χ3v) is 8.85. The van der Waals surface area contributed by atoms with Gasteiger partial charge in [-0.05, 0) is 51.3 Å². The lowest BCUT2D eigenvalue weighted by atomic mass is 9.96. The number of aryl methyl sites for hydroxylation is 3. The molecule has 2 fully saturated rings. The van der Waals surface area contributed by atoms with Crippen molar-refractivity contribution in [1.82, 2.24) is 14.4 Å². The molecule has 32 heavy (non-hydrogen) atoms. The summed E-state index contributed by atoms with van der Waals surface area (Å²) in [5.74, 6) is 0.279. The van der Waals surface area contributed by atoms with Gasteiger partial charge in [0.1, 0.15) is 10.6 Å². The van der Waals surface area contributed by atoms with Crippen molar-refractivity contribution in [2.75, 3.05) is 44.2 Å². The molecule has 1 aromatic heterocycles. The summed E-state index contributed by atoms with van der Waals surface area (Å²) in [6.07, 6.45) is 1.05. The van der Waals surface area contributed by atoms with Crippen LogP contribution in [0.3, 0.4) is 0 Å². The van der Waals surface area contributed by atoms with E-state index in [0.29, 0.717) is 55.5 Å². The highest BCUT2D eigenvalue weighted by Gasteiger charge is 2.37. The Hall–Kier alpha value is -2.10. The normalized spacial score (nSPS) is 18.9. The summed E-state index contributed by atoms with van der Waals surface area (Å²) < 4.78 is 32.5. The molecule has 3 heterocycles. The van der Waals surface area contributed by atoms with Gasteiger partial charge in [-0.1, -0.05) is 22.8 Å². The number of amides is 1. The predicted molar refractivity (Wildman–Crippen MR) is 122 cm³/mol. The molecule has 0 atom stereocenters.